The molecule has 106 valence electrons. The third-order valence-electron chi connectivity index (χ3n) is 2.46. The summed E-state index contributed by atoms with van der Waals surface area (Å²) in [7, 11) is -4.12. The standard InChI is InChI=1S/C13H11ClFNO3S/c14-11-7-4-8-12(13(11)15)20(17,18)16-19-9-10-5-2-1-3-6-10/h1-8,16H,9H2. The Labute approximate surface area is 121 Å². The Morgan fingerprint density at radius 3 is 2.50 bits per heavy atom. The molecule has 0 heterocycles. The van der Waals surface area contributed by atoms with Gasteiger partial charge in [0, 0.05) is 0 Å². The van der Waals surface area contributed by atoms with Gasteiger partial charge in [-0.25, -0.2) is 12.8 Å². The second kappa shape index (κ2) is 6.32. The lowest BCUT2D eigenvalue weighted by molar-refractivity contribution is 0.0794. The van der Waals surface area contributed by atoms with E-state index in [-0.39, 0.29) is 11.6 Å². The number of hydrogen-bond donors (Lipinski definition) is 1. The summed E-state index contributed by atoms with van der Waals surface area (Å²) in [5.41, 5.74) is 0.779. The van der Waals surface area contributed by atoms with E-state index in [2.05, 4.69) is 0 Å². The van der Waals surface area contributed by atoms with Crippen molar-refractivity contribution in [3.05, 3.63) is 64.9 Å². The highest BCUT2D eigenvalue weighted by atomic mass is 35.5. The molecule has 0 aliphatic carbocycles. The van der Waals surface area contributed by atoms with Crippen LogP contribution in [0.2, 0.25) is 5.02 Å². The Morgan fingerprint density at radius 1 is 1.10 bits per heavy atom. The van der Waals surface area contributed by atoms with E-state index in [0.29, 0.717) is 0 Å². The van der Waals surface area contributed by atoms with E-state index in [1.807, 2.05) is 11.0 Å². The zero-order chi connectivity index (χ0) is 14.6. The minimum atomic E-state index is -4.12. The molecule has 0 fully saturated rings. The number of rotatable bonds is 5. The van der Waals surface area contributed by atoms with Gasteiger partial charge >= 0.3 is 0 Å². The molecule has 0 unspecified atom stereocenters. The van der Waals surface area contributed by atoms with Crippen molar-refractivity contribution < 1.29 is 17.6 Å². The highest BCUT2D eigenvalue weighted by Gasteiger charge is 2.20. The molecule has 0 radical (unpaired) electrons. The smallest absolute Gasteiger partial charge is 0.265 e. The van der Waals surface area contributed by atoms with Gasteiger partial charge in [0.05, 0.1) is 11.6 Å². The molecule has 0 spiro atoms. The molecule has 4 nitrogen and oxygen atoms in total. The topological polar surface area (TPSA) is 55.4 Å². The van der Waals surface area contributed by atoms with Crippen LogP contribution in [0, 0.1) is 5.82 Å². The molecule has 0 saturated heterocycles. The maximum atomic E-state index is 13.6. The predicted octanol–water partition coefficient (Wildman–Crippen LogP) is 2.89. The van der Waals surface area contributed by atoms with Crippen molar-refractivity contribution >= 4 is 21.6 Å². The van der Waals surface area contributed by atoms with Gasteiger partial charge in [-0.3, -0.25) is 4.84 Å². The van der Waals surface area contributed by atoms with E-state index in [1.54, 1.807) is 24.3 Å². The Hall–Kier alpha value is -1.47. The molecule has 0 aliphatic heterocycles. The van der Waals surface area contributed by atoms with Crippen LogP contribution in [0.1, 0.15) is 5.56 Å². The molecule has 0 atom stereocenters. The molecule has 2 aromatic rings. The lowest BCUT2D eigenvalue weighted by atomic mass is 10.2. The first-order chi connectivity index (χ1) is 9.50. The molecule has 0 amide bonds. The largest absolute Gasteiger partial charge is 0.282 e. The van der Waals surface area contributed by atoms with Gasteiger partial charge in [0.1, 0.15) is 4.90 Å². The van der Waals surface area contributed by atoms with E-state index in [9.17, 15) is 12.8 Å². The van der Waals surface area contributed by atoms with Crippen molar-refractivity contribution in [2.75, 3.05) is 0 Å². The SMILES string of the molecule is O=S(=O)(NOCc1ccccc1)c1cccc(Cl)c1F. The number of sulfonamides is 1. The molecular weight excluding hydrogens is 305 g/mol. The quantitative estimate of drug-likeness (QED) is 0.863. The summed E-state index contributed by atoms with van der Waals surface area (Å²) in [6.07, 6.45) is 0. The van der Waals surface area contributed by atoms with Crippen molar-refractivity contribution in [2.24, 2.45) is 0 Å². The molecule has 2 rings (SSSR count). The van der Waals surface area contributed by atoms with Gasteiger partial charge in [-0.15, -0.1) is 0 Å². The van der Waals surface area contributed by atoms with Crippen molar-refractivity contribution in [2.45, 2.75) is 11.5 Å². The van der Waals surface area contributed by atoms with Crippen molar-refractivity contribution in [1.29, 1.82) is 0 Å². The fourth-order valence-electron chi connectivity index (χ4n) is 1.50. The molecule has 7 heteroatoms. The lowest BCUT2D eigenvalue weighted by Gasteiger charge is -2.08. The minimum absolute atomic E-state index is 0.0300. The van der Waals surface area contributed by atoms with Crippen LogP contribution in [0.25, 0.3) is 0 Å². The summed E-state index contributed by atoms with van der Waals surface area (Å²) in [6, 6.07) is 12.7. The molecular formula is C13H11ClFNO3S. The average Bonchev–Trinajstić information content (AvgIpc) is 2.42. The third kappa shape index (κ3) is 3.55. The van der Waals surface area contributed by atoms with E-state index >= 15 is 0 Å². The third-order valence-corrected chi connectivity index (χ3v) is 3.98. The van der Waals surface area contributed by atoms with Gasteiger partial charge in [0.2, 0.25) is 0 Å². The summed E-state index contributed by atoms with van der Waals surface area (Å²) < 4.78 is 37.4. The van der Waals surface area contributed by atoms with Gasteiger partial charge in [-0.2, -0.15) is 0 Å². The first-order valence-electron chi connectivity index (χ1n) is 5.62. The monoisotopic (exact) mass is 315 g/mol. The lowest BCUT2D eigenvalue weighted by Crippen LogP contribution is -2.25. The molecule has 2 aromatic carbocycles. The zero-order valence-corrected chi connectivity index (χ0v) is 11.8. The second-order valence-electron chi connectivity index (χ2n) is 3.91. The van der Waals surface area contributed by atoms with Gasteiger partial charge in [0.15, 0.2) is 5.82 Å². The van der Waals surface area contributed by atoms with Crippen LogP contribution in [0.15, 0.2) is 53.4 Å². The van der Waals surface area contributed by atoms with Gasteiger partial charge < -0.3 is 0 Å². The Balaban J connectivity index is 2.06. The van der Waals surface area contributed by atoms with E-state index < -0.39 is 20.7 Å². The molecule has 20 heavy (non-hydrogen) atoms. The fraction of sp³-hybridized carbons (Fsp3) is 0.0769. The van der Waals surface area contributed by atoms with E-state index in [4.69, 9.17) is 16.4 Å². The van der Waals surface area contributed by atoms with E-state index in [0.717, 1.165) is 11.6 Å². The first kappa shape index (κ1) is 14.9. The normalized spacial score (nSPS) is 11.5. The minimum Gasteiger partial charge on any atom is -0.282 e. The fourth-order valence-corrected chi connectivity index (χ4v) is 2.64. The molecule has 1 N–H and O–H groups in total. The second-order valence-corrected chi connectivity index (χ2v) is 5.93. The van der Waals surface area contributed by atoms with Crippen molar-refractivity contribution in [3.8, 4) is 0 Å². The highest BCUT2D eigenvalue weighted by Crippen LogP contribution is 2.21. The predicted molar refractivity (Wildman–Crippen MR) is 73.0 cm³/mol. The average molecular weight is 316 g/mol. The van der Waals surface area contributed by atoms with Gasteiger partial charge in [-0.05, 0) is 17.7 Å². The highest BCUT2D eigenvalue weighted by molar-refractivity contribution is 7.89. The maximum Gasteiger partial charge on any atom is 0.265 e. The first-order valence-corrected chi connectivity index (χ1v) is 7.48. The summed E-state index contributed by atoms with van der Waals surface area (Å²) >= 11 is 5.54. The van der Waals surface area contributed by atoms with Crippen LogP contribution in [-0.4, -0.2) is 8.42 Å². The Bertz CT molecular complexity index is 692. The number of benzene rings is 2. The van der Waals surface area contributed by atoms with Crippen LogP contribution in [0.4, 0.5) is 4.39 Å². The van der Waals surface area contributed by atoms with Crippen LogP contribution in [-0.2, 0) is 21.5 Å². The molecule has 0 saturated carbocycles. The summed E-state index contributed by atoms with van der Waals surface area (Å²) in [5.74, 6) is -1.01. The van der Waals surface area contributed by atoms with Crippen LogP contribution in [0.5, 0.6) is 0 Å². The van der Waals surface area contributed by atoms with Crippen LogP contribution < -0.4 is 4.89 Å². The molecule has 0 aromatic heterocycles. The summed E-state index contributed by atoms with van der Waals surface area (Å²) in [5, 5.41) is -0.268. The van der Waals surface area contributed by atoms with Gasteiger partial charge in [0.25, 0.3) is 10.0 Å². The van der Waals surface area contributed by atoms with Gasteiger partial charge in [-0.1, -0.05) is 52.9 Å². The zero-order valence-electron chi connectivity index (χ0n) is 10.2. The Morgan fingerprint density at radius 2 is 1.80 bits per heavy atom. The molecule has 0 aliphatic rings. The van der Waals surface area contributed by atoms with Crippen LogP contribution >= 0.6 is 11.6 Å². The summed E-state index contributed by atoms with van der Waals surface area (Å²) in [6.45, 7) is 0.0300. The van der Waals surface area contributed by atoms with Crippen molar-refractivity contribution in [1.82, 2.24) is 4.89 Å². The maximum absolute atomic E-state index is 13.6. The summed E-state index contributed by atoms with van der Waals surface area (Å²) in [4.78, 5) is 6.19. The number of hydrogen-bond acceptors (Lipinski definition) is 3. The number of halogens is 2. The van der Waals surface area contributed by atoms with Crippen molar-refractivity contribution in [3.63, 3.8) is 0 Å². The van der Waals surface area contributed by atoms with E-state index in [1.165, 1.54) is 12.1 Å². The number of nitrogens with one attached hydrogen (secondary N) is 1. The van der Waals surface area contributed by atoms with Crippen LogP contribution in [0.3, 0.4) is 0 Å². The Kier molecular flexibility index (Phi) is 4.72. The molecule has 0 bridgehead atoms.